The van der Waals surface area contributed by atoms with Crippen LogP contribution in [0.25, 0.3) is 0 Å². The molecule has 0 unspecified atom stereocenters. The minimum Gasteiger partial charge on any atom is -0.325 e. The summed E-state index contributed by atoms with van der Waals surface area (Å²) in [6, 6.07) is 10.1. The van der Waals surface area contributed by atoms with E-state index in [0.29, 0.717) is 5.75 Å². The van der Waals surface area contributed by atoms with Crippen molar-refractivity contribution in [1.82, 2.24) is 14.8 Å². The number of nitrogens with zero attached hydrogens (tertiary/aromatic N) is 3. The van der Waals surface area contributed by atoms with Crippen LogP contribution in [0.3, 0.4) is 0 Å². The molecule has 0 bridgehead atoms. The molecule has 0 aliphatic heterocycles. The fourth-order valence-electron chi connectivity index (χ4n) is 2.34. The summed E-state index contributed by atoms with van der Waals surface area (Å²) in [6.07, 6.45) is 2.66. The minimum absolute atomic E-state index is 0.0407. The lowest BCUT2D eigenvalue weighted by molar-refractivity contribution is -0.113. The largest absolute Gasteiger partial charge is 0.325 e. The average Bonchev–Trinajstić information content (AvgIpc) is 3.25. The van der Waals surface area contributed by atoms with Crippen molar-refractivity contribution in [1.29, 1.82) is 0 Å². The van der Waals surface area contributed by atoms with E-state index in [4.69, 9.17) is 0 Å². The van der Waals surface area contributed by atoms with Crippen LogP contribution in [0.5, 0.6) is 0 Å². The Balaban J connectivity index is 1.52. The number of aromatic nitrogens is 3. The van der Waals surface area contributed by atoms with Gasteiger partial charge in [0.1, 0.15) is 6.33 Å². The zero-order chi connectivity index (χ0) is 17.6. The maximum absolute atomic E-state index is 12.2. The van der Waals surface area contributed by atoms with Crippen LogP contribution in [0, 0.1) is 13.8 Å². The van der Waals surface area contributed by atoms with E-state index in [1.54, 1.807) is 17.7 Å². The first kappa shape index (κ1) is 17.7. The summed E-state index contributed by atoms with van der Waals surface area (Å²) in [7, 11) is 0. The number of thioether (sulfide) groups is 1. The zero-order valence-corrected chi connectivity index (χ0v) is 15.9. The van der Waals surface area contributed by atoms with Crippen molar-refractivity contribution in [2.45, 2.75) is 32.0 Å². The summed E-state index contributed by atoms with van der Waals surface area (Å²) in [5.41, 5.74) is 3.21. The molecule has 3 rings (SSSR count). The molecule has 2 heterocycles. The van der Waals surface area contributed by atoms with Gasteiger partial charge in [-0.2, -0.15) is 0 Å². The van der Waals surface area contributed by atoms with Crippen molar-refractivity contribution < 1.29 is 4.79 Å². The van der Waals surface area contributed by atoms with Crippen molar-refractivity contribution in [2.75, 3.05) is 11.1 Å². The topological polar surface area (TPSA) is 59.8 Å². The number of anilines is 1. The molecule has 1 aromatic carbocycles. The Morgan fingerprint density at radius 2 is 2.16 bits per heavy atom. The van der Waals surface area contributed by atoms with Gasteiger partial charge in [-0.05, 0) is 55.0 Å². The number of carbonyl (C=O) groups excluding carboxylic acids is 1. The summed E-state index contributed by atoms with van der Waals surface area (Å²) < 4.78 is 1.99. The molecule has 25 heavy (non-hydrogen) atoms. The van der Waals surface area contributed by atoms with Gasteiger partial charge in [0.15, 0.2) is 5.16 Å². The van der Waals surface area contributed by atoms with Gasteiger partial charge in [-0.25, -0.2) is 0 Å². The highest BCUT2D eigenvalue weighted by Crippen LogP contribution is 2.18. The van der Waals surface area contributed by atoms with Crippen molar-refractivity contribution in [3.05, 3.63) is 58.0 Å². The molecule has 0 aliphatic rings. The maximum atomic E-state index is 12.2. The van der Waals surface area contributed by atoms with Crippen LogP contribution in [-0.4, -0.2) is 26.4 Å². The van der Waals surface area contributed by atoms with Crippen LogP contribution in [0.15, 0.2) is 47.2 Å². The number of rotatable bonds is 7. The molecule has 0 fully saturated rings. The van der Waals surface area contributed by atoms with Gasteiger partial charge in [-0.15, -0.1) is 21.5 Å². The summed E-state index contributed by atoms with van der Waals surface area (Å²) in [4.78, 5) is 13.5. The molecule has 1 N–H and O–H groups in total. The van der Waals surface area contributed by atoms with E-state index in [0.717, 1.165) is 23.8 Å². The van der Waals surface area contributed by atoms with Gasteiger partial charge < -0.3 is 9.88 Å². The van der Waals surface area contributed by atoms with Crippen molar-refractivity contribution in [3.8, 4) is 0 Å². The van der Waals surface area contributed by atoms with E-state index in [9.17, 15) is 4.79 Å². The molecule has 0 spiro atoms. The summed E-state index contributed by atoms with van der Waals surface area (Å²) in [5.74, 6) is 0.269. The third kappa shape index (κ3) is 4.93. The van der Waals surface area contributed by atoms with E-state index in [2.05, 4.69) is 40.0 Å². The molecule has 0 atom stereocenters. The SMILES string of the molecule is Cc1ccc(NC(=O)CSc2nncn2CCc2cccs2)cc1C. The Hall–Kier alpha value is -2.12. The lowest BCUT2D eigenvalue weighted by Gasteiger charge is -2.08. The molecule has 0 aliphatic carbocycles. The Morgan fingerprint density at radius 3 is 2.92 bits per heavy atom. The van der Waals surface area contributed by atoms with E-state index in [1.807, 2.05) is 29.7 Å². The molecule has 0 radical (unpaired) electrons. The fourth-order valence-corrected chi connectivity index (χ4v) is 3.78. The third-order valence-electron chi connectivity index (χ3n) is 3.88. The first-order valence-corrected chi connectivity index (χ1v) is 9.88. The zero-order valence-electron chi connectivity index (χ0n) is 14.2. The average molecular weight is 373 g/mol. The van der Waals surface area contributed by atoms with Crippen LogP contribution in [0.1, 0.15) is 16.0 Å². The Morgan fingerprint density at radius 1 is 1.28 bits per heavy atom. The Bertz CT molecular complexity index is 843. The van der Waals surface area contributed by atoms with Crippen LogP contribution in [-0.2, 0) is 17.8 Å². The van der Waals surface area contributed by atoms with Gasteiger partial charge in [0.25, 0.3) is 0 Å². The summed E-state index contributed by atoms with van der Waals surface area (Å²) in [6.45, 7) is 4.91. The molecule has 2 aromatic heterocycles. The highest BCUT2D eigenvalue weighted by molar-refractivity contribution is 7.99. The standard InChI is InChI=1S/C18H20N4OS2/c1-13-5-6-15(10-14(13)2)20-17(23)11-25-18-21-19-12-22(18)8-7-16-4-3-9-24-16/h3-6,9-10,12H,7-8,11H2,1-2H3,(H,20,23). The van der Waals surface area contributed by atoms with Gasteiger partial charge in [0.2, 0.25) is 5.91 Å². The predicted molar refractivity (Wildman–Crippen MR) is 103 cm³/mol. The van der Waals surface area contributed by atoms with Crippen LogP contribution in [0.2, 0.25) is 0 Å². The van der Waals surface area contributed by atoms with Crippen LogP contribution in [0.4, 0.5) is 5.69 Å². The summed E-state index contributed by atoms with van der Waals surface area (Å²) in [5, 5.41) is 13.9. The molecule has 0 saturated heterocycles. The smallest absolute Gasteiger partial charge is 0.234 e. The second-order valence-corrected chi connectivity index (χ2v) is 7.75. The quantitative estimate of drug-likeness (QED) is 0.639. The minimum atomic E-state index is -0.0407. The molecule has 130 valence electrons. The van der Waals surface area contributed by atoms with E-state index < -0.39 is 0 Å². The third-order valence-corrected chi connectivity index (χ3v) is 5.80. The van der Waals surface area contributed by atoms with Gasteiger partial charge in [-0.3, -0.25) is 4.79 Å². The van der Waals surface area contributed by atoms with Crippen molar-refractivity contribution >= 4 is 34.7 Å². The molecule has 7 heteroatoms. The van der Waals surface area contributed by atoms with Gasteiger partial charge >= 0.3 is 0 Å². The number of amides is 1. The lowest BCUT2D eigenvalue weighted by atomic mass is 10.1. The molecular weight excluding hydrogens is 352 g/mol. The number of benzene rings is 1. The van der Waals surface area contributed by atoms with Crippen molar-refractivity contribution in [3.63, 3.8) is 0 Å². The second-order valence-electron chi connectivity index (χ2n) is 5.77. The first-order chi connectivity index (χ1) is 12.1. The van der Waals surface area contributed by atoms with Gasteiger partial charge in [0.05, 0.1) is 5.75 Å². The fraction of sp³-hybridized carbons (Fsp3) is 0.278. The molecule has 3 aromatic rings. The first-order valence-electron chi connectivity index (χ1n) is 8.02. The van der Waals surface area contributed by atoms with E-state index >= 15 is 0 Å². The number of hydrogen-bond acceptors (Lipinski definition) is 5. The maximum Gasteiger partial charge on any atom is 0.234 e. The normalized spacial score (nSPS) is 10.8. The van der Waals surface area contributed by atoms with Gasteiger partial charge in [-0.1, -0.05) is 23.9 Å². The van der Waals surface area contributed by atoms with E-state index in [-0.39, 0.29) is 5.91 Å². The number of carbonyl (C=O) groups is 1. The molecule has 0 saturated carbocycles. The van der Waals surface area contributed by atoms with Crippen LogP contribution >= 0.6 is 23.1 Å². The predicted octanol–water partition coefficient (Wildman–Crippen LogP) is 3.93. The number of thiophene rings is 1. The van der Waals surface area contributed by atoms with Crippen molar-refractivity contribution in [2.24, 2.45) is 0 Å². The Labute approximate surface area is 155 Å². The highest BCUT2D eigenvalue weighted by atomic mass is 32.2. The Kier molecular flexibility index (Phi) is 5.88. The molecule has 5 nitrogen and oxygen atoms in total. The number of aryl methyl sites for hydroxylation is 4. The summed E-state index contributed by atoms with van der Waals surface area (Å²) >= 11 is 3.15. The van der Waals surface area contributed by atoms with Gasteiger partial charge in [0, 0.05) is 17.1 Å². The monoisotopic (exact) mass is 372 g/mol. The lowest BCUT2D eigenvalue weighted by Crippen LogP contribution is -2.15. The van der Waals surface area contributed by atoms with Crippen LogP contribution < -0.4 is 5.32 Å². The second kappa shape index (κ2) is 8.31. The van der Waals surface area contributed by atoms with E-state index in [1.165, 1.54) is 27.8 Å². The molecule has 1 amide bonds. The molecular formula is C18H20N4OS2. The highest BCUT2D eigenvalue weighted by Gasteiger charge is 2.10. The number of hydrogen-bond donors (Lipinski definition) is 1. The number of nitrogens with one attached hydrogen (secondary N) is 1.